The van der Waals surface area contributed by atoms with Crippen LogP contribution in [-0.2, 0) is 4.79 Å². The summed E-state index contributed by atoms with van der Waals surface area (Å²) >= 11 is 5.10. The Labute approximate surface area is 144 Å². The first-order valence-corrected chi connectivity index (χ1v) is 7.52. The molecule has 5 nitrogen and oxygen atoms in total. The number of hydrogen-bond acceptors (Lipinski definition) is 3. The van der Waals surface area contributed by atoms with E-state index in [4.69, 9.17) is 12.2 Å². The zero-order valence-electron chi connectivity index (χ0n) is 13.1. The van der Waals surface area contributed by atoms with Crippen LogP contribution in [0, 0.1) is 12.7 Å². The van der Waals surface area contributed by atoms with Crippen LogP contribution in [0.2, 0.25) is 0 Å². The van der Waals surface area contributed by atoms with Crippen LogP contribution >= 0.6 is 12.2 Å². The number of hydrogen-bond donors (Lipinski definition) is 3. The molecule has 0 unspecified atom stereocenters. The third kappa shape index (κ3) is 4.85. The van der Waals surface area contributed by atoms with Crippen LogP contribution in [0.5, 0.6) is 0 Å². The van der Waals surface area contributed by atoms with E-state index in [9.17, 15) is 14.0 Å². The van der Waals surface area contributed by atoms with Crippen molar-refractivity contribution in [2.24, 2.45) is 0 Å². The van der Waals surface area contributed by atoms with Crippen LogP contribution < -0.4 is 16.0 Å². The smallest absolute Gasteiger partial charge is 0.257 e. The maximum Gasteiger partial charge on any atom is 0.257 e. The first-order chi connectivity index (χ1) is 11.3. The minimum absolute atomic E-state index is 0.0990. The molecule has 0 spiro atoms. The SMILES string of the molecule is CC(=O)Nc1cc(NC(=S)NC(=O)c2ccc(F)cc2)ccc1C. The topological polar surface area (TPSA) is 70.2 Å². The summed E-state index contributed by atoms with van der Waals surface area (Å²) in [5, 5.41) is 8.19. The van der Waals surface area contributed by atoms with Crippen LogP contribution in [-0.4, -0.2) is 16.9 Å². The van der Waals surface area contributed by atoms with Crippen LogP contribution in [0.4, 0.5) is 15.8 Å². The normalized spacial score (nSPS) is 9.96. The lowest BCUT2D eigenvalue weighted by atomic mass is 10.2. The van der Waals surface area contributed by atoms with Gasteiger partial charge in [-0.25, -0.2) is 4.39 Å². The Kier molecular flexibility index (Phi) is 5.59. The number of amides is 2. The van der Waals surface area contributed by atoms with E-state index in [0.717, 1.165) is 5.56 Å². The van der Waals surface area contributed by atoms with Gasteiger partial charge in [-0.05, 0) is 61.1 Å². The number of carbonyl (C=O) groups excluding carboxylic acids is 2. The van der Waals surface area contributed by atoms with Gasteiger partial charge < -0.3 is 10.6 Å². The van der Waals surface area contributed by atoms with E-state index in [1.165, 1.54) is 31.2 Å². The summed E-state index contributed by atoms with van der Waals surface area (Å²) in [6.45, 7) is 3.29. The van der Waals surface area contributed by atoms with Crippen molar-refractivity contribution in [1.29, 1.82) is 0 Å². The first kappa shape index (κ1) is 17.6. The minimum atomic E-state index is -0.443. The van der Waals surface area contributed by atoms with E-state index in [1.807, 2.05) is 13.0 Å². The number of anilines is 2. The lowest BCUT2D eigenvalue weighted by Crippen LogP contribution is -2.34. The molecule has 2 amide bonds. The lowest BCUT2D eigenvalue weighted by molar-refractivity contribution is -0.114. The summed E-state index contributed by atoms with van der Waals surface area (Å²) in [6.07, 6.45) is 0. The van der Waals surface area contributed by atoms with Gasteiger partial charge in [-0.3, -0.25) is 14.9 Å². The summed E-state index contributed by atoms with van der Waals surface area (Å²) < 4.78 is 12.9. The van der Waals surface area contributed by atoms with Crippen molar-refractivity contribution in [2.75, 3.05) is 10.6 Å². The fourth-order valence-corrected chi connectivity index (χ4v) is 2.17. The molecule has 0 atom stereocenters. The third-order valence-electron chi connectivity index (χ3n) is 3.14. The van der Waals surface area contributed by atoms with Crippen molar-refractivity contribution in [2.45, 2.75) is 13.8 Å². The molecule has 0 saturated carbocycles. The van der Waals surface area contributed by atoms with Gasteiger partial charge in [0.25, 0.3) is 5.91 Å². The monoisotopic (exact) mass is 345 g/mol. The molecule has 7 heteroatoms. The molecule has 0 fully saturated rings. The second kappa shape index (κ2) is 7.65. The Hall–Kier alpha value is -2.80. The van der Waals surface area contributed by atoms with Gasteiger partial charge >= 0.3 is 0 Å². The maximum atomic E-state index is 12.9. The molecule has 0 saturated heterocycles. The molecule has 0 aliphatic carbocycles. The Morgan fingerprint density at radius 2 is 1.71 bits per heavy atom. The van der Waals surface area contributed by atoms with E-state index in [1.54, 1.807) is 12.1 Å². The summed E-state index contributed by atoms with van der Waals surface area (Å²) in [5.41, 5.74) is 2.47. The van der Waals surface area contributed by atoms with Gasteiger partial charge in [0.05, 0.1) is 0 Å². The molecular weight excluding hydrogens is 329 g/mol. The summed E-state index contributed by atoms with van der Waals surface area (Å²) in [6, 6.07) is 10.4. The molecule has 3 N–H and O–H groups in total. The fourth-order valence-electron chi connectivity index (χ4n) is 1.96. The standard InChI is InChI=1S/C17H16FN3O2S/c1-10-3-8-14(9-15(10)19-11(2)22)20-17(24)21-16(23)12-4-6-13(18)7-5-12/h3-9H,1-2H3,(H,19,22)(H2,20,21,23,24). The van der Waals surface area contributed by atoms with Crippen LogP contribution in [0.1, 0.15) is 22.8 Å². The molecule has 24 heavy (non-hydrogen) atoms. The van der Waals surface area contributed by atoms with Gasteiger partial charge in [-0.1, -0.05) is 6.07 Å². The highest BCUT2D eigenvalue weighted by atomic mass is 32.1. The van der Waals surface area contributed by atoms with Crippen LogP contribution in [0.15, 0.2) is 42.5 Å². The van der Waals surface area contributed by atoms with E-state index in [-0.39, 0.29) is 11.0 Å². The number of nitrogens with one attached hydrogen (secondary N) is 3. The molecule has 0 aliphatic heterocycles. The average Bonchev–Trinajstić information content (AvgIpc) is 2.50. The molecule has 0 aliphatic rings. The highest BCUT2D eigenvalue weighted by Gasteiger charge is 2.09. The fraction of sp³-hybridized carbons (Fsp3) is 0.118. The molecule has 0 aromatic heterocycles. The molecule has 0 radical (unpaired) electrons. The predicted octanol–water partition coefficient (Wildman–Crippen LogP) is 3.22. The van der Waals surface area contributed by atoms with Crippen LogP contribution in [0.3, 0.4) is 0 Å². The number of carbonyl (C=O) groups is 2. The van der Waals surface area contributed by atoms with E-state index >= 15 is 0 Å². The number of aryl methyl sites for hydroxylation is 1. The summed E-state index contributed by atoms with van der Waals surface area (Å²) in [4.78, 5) is 23.2. The van der Waals surface area contributed by atoms with E-state index in [0.29, 0.717) is 16.9 Å². The number of thiocarbonyl (C=S) groups is 1. The molecule has 2 aromatic rings. The van der Waals surface area contributed by atoms with Crippen molar-refractivity contribution in [1.82, 2.24) is 5.32 Å². The molecule has 0 bridgehead atoms. The van der Waals surface area contributed by atoms with Gasteiger partial charge in [0.1, 0.15) is 5.82 Å². The maximum absolute atomic E-state index is 12.9. The molecule has 124 valence electrons. The number of benzene rings is 2. The summed E-state index contributed by atoms with van der Waals surface area (Å²) in [7, 11) is 0. The largest absolute Gasteiger partial charge is 0.332 e. The second-order valence-electron chi connectivity index (χ2n) is 5.13. The number of halogens is 1. The van der Waals surface area contributed by atoms with Gasteiger partial charge in [0.15, 0.2) is 5.11 Å². The summed E-state index contributed by atoms with van der Waals surface area (Å²) in [5.74, 6) is -1.04. The predicted molar refractivity (Wildman–Crippen MR) is 95.6 cm³/mol. The Morgan fingerprint density at radius 3 is 2.33 bits per heavy atom. The van der Waals surface area contributed by atoms with Crippen molar-refractivity contribution in [3.8, 4) is 0 Å². The van der Waals surface area contributed by atoms with Gasteiger partial charge in [0, 0.05) is 23.9 Å². The Morgan fingerprint density at radius 1 is 1.04 bits per heavy atom. The second-order valence-corrected chi connectivity index (χ2v) is 5.53. The molecule has 0 heterocycles. The van der Waals surface area contributed by atoms with E-state index < -0.39 is 11.7 Å². The third-order valence-corrected chi connectivity index (χ3v) is 3.34. The Bertz CT molecular complexity index is 791. The molecule has 2 rings (SSSR count). The number of rotatable bonds is 3. The highest BCUT2D eigenvalue weighted by molar-refractivity contribution is 7.80. The van der Waals surface area contributed by atoms with Crippen molar-refractivity contribution < 1.29 is 14.0 Å². The van der Waals surface area contributed by atoms with Gasteiger partial charge in [-0.2, -0.15) is 0 Å². The minimum Gasteiger partial charge on any atom is -0.332 e. The van der Waals surface area contributed by atoms with Gasteiger partial charge in [-0.15, -0.1) is 0 Å². The van der Waals surface area contributed by atoms with Gasteiger partial charge in [0.2, 0.25) is 5.91 Å². The molecule has 2 aromatic carbocycles. The quantitative estimate of drug-likeness (QED) is 0.747. The van der Waals surface area contributed by atoms with Crippen molar-refractivity contribution in [3.63, 3.8) is 0 Å². The van der Waals surface area contributed by atoms with Crippen molar-refractivity contribution >= 4 is 40.5 Å². The lowest BCUT2D eigenvalue weighted by Gasteiger charge is -2.12. The van der Waals surface area contributed by atoms with Crippen LogP contribution in [0.25, 0.3) is 0 Å². The highest BCUT2D eigenvalue weighted by Crippen LogP contribution is 2.20. The average molecular weight is 345 g/mol. The van der Waals surface area contributed by atoms with Crippen molar-refractivity contribution in [3.05, 3.63) is 59.4 Å². The van der Waals surface area contributed by atoms with E-state index in [2.05, 4.69) is 16.0 Å². The first-order valence-electron chi connectivity index (χ1n) is 7.11. The zero-order chi connectivity index (χ0) is 17.7. The Balaban J connectivity index is 2.03. The zero-order valence-corrected chi connectivity index (χ0v) is 14.0. The molecular formula is C17H16FN3O2S.